The Balaban J connectivity index is 2.46. The zero-order valence-corrected chi connectivity index (χ0v) is 12.8. The third-order valence-corrected chi connectivity index (χ3v) is 3.40. The van der Waals surface area contributed by atoms with Crippen LogP contribution in [0, 0.1) is 5.92 Å². The van der Waals surface area contributed by atoms with Crippen LogP contribution in [0.15, 0.2) is 24.3 Å². The van der Waals surface area contributed by atoms with Gasteiger partial charge in [-0.15, -0.1) is 0 Å². The topological polar surface area (TPSA) is 78.4 Å². The molecule has 1 aromatic carbocycles. The van der Waals surface area contributed by atoms with Crippen molar-refractivity contribution < 1.29 is 14.7 Å². The maximum Gasteiger partial charge on any atom is 0.315 e. The summed E-state index contributed by atoms with van der Waals surface area (Å²) in [5.74, 6) is -0.847. The van der Waals surface area contributed by atoms with Crippen molar-refractivity contribution in [2.24, 2.45) is 5.92 Å². The first-order valence-electron chi connectivity index (χ1n) is 7.26. The van der Waals surface area contributed by atoms with Crippen molar-refractivity contribution in [1.82, 2.24) is 10.6 Å². The second-order valence-corrected chi connectivity index (χ2v) is 5.45. The van der Waals surface area contributed by atoms with Crippen molar-refractivity contribution in [2.75, 3.05) is 0 Å². The molecule has 0 spiro atoms. The number of hydrogen-bond acceptors (Lipinski definition) is 2. The van der Waals surface area contributed by atoms with E-state index in [1.807, 2.05) is 38.1 Å². The largest absolute Gasteiger partial charge is 0.481 e. The van der Waals surface area contributed by atoms with Crippen molar-refractivity contribution in [1.29, 1.82) is 0 Å². The van der Waals surface area contributed by atoms with Crippen molar-refractivity contribution in [2.45, 2.75) is 46.2 Å². The zero-order chi connectivity index (χ0) is 15.8. The highest BCUT2D eigenvalue weighted by atomic mass is 16.4. The van der Waals surface area contributed by atoms with Gasteiger partial charge in [0.05, 0.1) is 6.42 Å². The van der Waals surface area contributed by atoms with E-state index in [9.17, 15) is 9.59 Å². The number of aryl methyl sites for hydroxylation is 1. The van der Waals surface area contributed by atoms with Crippen LogP contribution < -0.4 is 10.6 Å². The second-order valence-electron chi connectivity index (χ2n) is 5.45. The van der Waals surface area contributed by atoms with E-state index in [0.717, 1.165) is 12.0 Å². The lowest BCUT2D eigenvalue weighted by atomic mass is 10.0. The third-order valence-electron chi connectivity index (χ3n) is 3.40. The number of hydrogen-bond donors (Lipinski definition) is 3. The van der Waals surface area contributed by atoms with Crippen LogP contribution in [0.3, 0.4) is 0 Å². The highest BCUT2D eigenvalue weighted by molar-refractivity contribution is 5.75. The van der Waals surface area contributed by atoms with Crippen LogP contribution in [0.4, 0.5) is 4.79 Å². The van der Waals surface area contributed by atoms with E-state index in [0.29, 0.717) is 6.54 Å². The number of amides is 2. The fourth-order valence-electron chi connectivity index (χ4n) is 1.94. The molecule has 1 atom stereocenters. The van der Waals surface area contributed by atoms with Gasteiger partial charge in [-0.3, -0.25) is 4.79 Å². The Morgan fingerprint density at radius 2 is 1.71 bits per heavy atom. The number of carboxylic acids is 1. The minimum atomic E-state index is -0.913. The van der Waals surface area contributed by atoms with Crippen molar-refractivity contribution in [3.63, 3.8) is 0 Å². The van der Waals surface area contributed by atoms with E-state index >= 15 is 0 Å². The molecular formula is C16H24N2O3. The molecule has 0 bridgehead atoms. The van der Waals surface area contributed by atoms with E-state index in [2.05, 4.69) is 17.6 Å². The van der Waals surface area contributed by atoms with Crippen LogP contribution in [-0.2, 0) is 17.8 Å². The maximum absolute atomic E-state index is 11.8. The average Bonchev–Trinajstić information content (AvgIpc) is 2.44. The summed E-state index contributed by atoms with van der Waals surface area (Å²) in [6.45, 7) is 6.29. The SMILES string of the molecule is CCc1ccc(CNC(=O)NC(CC(=O)O)C(C)C)cc1. The highest BCUT2D eigenvalue weighted by Crippen LogP contribution is 2.07. The molecule has 0 fully saturated rings. The average molecular weight is 292 g/mol. The van der Waals surface area contributed by atoms with Crippen LogP contribution in [0.5, 0.6) is 0 Å². The summed E-state index contributed by atoms with van der Waals surface area (Å²) in [6.07, 6.45) is 0.912. The zero-order valence-electron chi connectivity index (χ0n) is 12.8. The molecule has 1 aromatic rings. The van der Waals surface area contributed by atoms with Gasteiger partial charge in [-0.2, -0.15) is 0 Å². The molecule has 1 rings (SSSR count). The minimum absolute atomic E-state index is 0.0655. The van der Waals surface area contributed by atoms with Crippen LogP contribution >= 0.6 is 0 Å². The van der Waals surface area contributed by atoms with Gasteiger partial charge in [0.25, 0.3) is 0 Å². The Morgan fingerprint density at radius 1 is 1.14 bits per heavy atom. The smallest absolute Gasteiger partial charge is 0.315 e. The summed E-state index contributed by atoms with van der Waals surface area (Å²) >= 11 is 0. The molecule has 0 radical (unpaired) electrons. The van der Waals surface area contributed by atoms with Gasteiger partial charge < -0.3 is 15.7 Å². The summed E-state index contributed by atoms with van der Waals surface area (Å²) in [7, 11) is 0. The highest BCUT2D eigenvalue weighted by Gasteiger charge is 2.19. The number of urea groups is 1. The van der Waals surface area contributed by atoms with Crippen LogP contribution in [0.2, 0.25) is 0 Å². The monoisotopic (exact) mass is 292 g/mol. The van der Waals surface area contributed by atoms with Gasteiger partial charge in [0.1, 0.15) is 0 Å². The number of benzene rings is 1. The number of rotatable bonds is 7. The second kappa shape index (κ2) is 8.29. The Kier molecular flexibility index (Phi) is 6.72. The molecule has 0 saturated carbocycles. The predicted octanol–water partition coefficient (Wildman–Crippen LogP) is 2.55. The molecule has 0 aliphatic rings. The Labute approximate surface area is 125 Å². The lowest BCUT2D eigenvalue weighted by Gasteiger charge is -2.20. The van der Waals surface area contributed by atoms with Crippen LogP contribution in [0.1, 0.15) is 38.3 Å². The van der Waals surface area contributed by atoms with Gasteiger partial charge in [0, 0.05) is 12.6 Å². The fraction of sp³-hybridized carbons (Fsp3) is 0.500. The van der Waals surface area contributed by atoms with Gasteiger partial charge in [0.2, 0.25) is 0 Å². The van der Waals surface area contributed by atoms with E-state index in [-0.39, 0.29) is 24.4 Å². The van der Waals surface area contributed by atoms with Gasteiger partial charge in [-0.25, -0.2) is 4.79 Å². The third kappa shape index (κ3) is 6.29. The summed E-state index contributed by atoms with van der Waals surface area (Å²) < 4.78 is 0. The molecular weight excluding hydrogens is 268 g/mol. The normalized spacial score (nSPS) is 12.0. The quantitative estimate of drug-likeness (QED) is 0.722. The number of nitrogens with one attached hydrogen (secondary N) is 2. The summed E-state index contributed by atoms with van der Waals surface area (Å²) in [6, 6.07) is 7.33. The molecule has 0 aliphatic heterocycles. The van der Waals surface area contributed by atoms with Crippen molar-refractivity contribution in [3.8, 4) is 0 Å². The van der Waals surface area contributed by atoms with Crippen LogP contribution in [0.25, 0.3) is 0 Å². The minimum Gasteiger partial charge on any atom is -0.481 e. The lowest BCUT2D eigenvalue weighted by molar-refractivity contribution is -0.137. The van der Waals surface area contributed by atoms with Crippen molar-refractivity contribution in [3.05, 3.63) is 35.4 Å². The molecule has 0 aromatic heterocycles. The van der Waals surface area contributed by atoms with Gasteiger partial charge in [-0.05, 0) is 23.5 Å². The number of carboxylic acid groups (broad SMARTS) is 1. The Bertz CT molecular complexity index is 469. The first-order valence-corrected chi connectivity index (χ1v) is 7.26. The Hall–Kier alpha value is -2.04. The van der Waals surface area contributed by atoms with Gasteiger partial charge in [0.15, 0.2) is 0 Å². The standard InChI is InChI=1S/C16H24N2O3/c1-4-12-5-7-13(8-6-12)10-17-16(21)18-14(11(2)3)9-15(19)20/h5-8,11,14H,4,9-10H2,1-3H3,(H,19,20)(H2,17,18,21). The van der Waals surface area contributed by atoms with E-state index in [1.165, 1.54) is 5.56 Å². The molecule has 2 amide bonds. The molecule has 5 nitrogen and oxygen atoms in total. The molecule has 116 valence electrons. The summed E-state index contributed by atoms with van der Waals surface area (Å²) in [5, 5.41) is 14.3. The molecule has 5 heteroatoms. The molecule has 1 unspecified atom stereocenters. The maximum atomic E-state index is 11.8. The van der Waals surface area contributed by atoms with E-state index in [1.54, 1.807) is 0 Å². The van der Waals surface area contributed by atoms with E-state index in [4.69, 9.17) is 5.11 Å². The number of aliphatic carboxylic acids is 1. The first kappa shape index (κ1) is 17.0. The van der Waals surface area contributed by atoms with Gasteiger partial charge >= 0.3 is 12.0 Å². The molecule has 0 saturated heterocycles. The fourth-order valence-corrected chi connectivity index (χ4v) is 1.94. The molecule has 0 aliphatic carbocycles. The summed E-state index contributed by atoms with van der Waals surface area (Å²) in [5.41, 5.74) is 2.27. The number of carbonyl (C=O) groups excluding carboxylic acids is 1. The summed E-state index contributed by atoms with van der Waals surface area (Å²) in [4.78, 5) is 22.6. The van der Waals surface area contributed by atoms with Gasteiger partial charge in [-0.1, -0.05) is 45.0 Å². The molecule has 21 heavy (non-hydrogen) atoms. The first-order chi connectivity index (χ1) is 9.92. The van der Waals surface area contributed by atoms with Crippen LogP contribution in [-0.4, -0.2) is 23.1 Å². The molecule has 3 N–H and O–H groups in total. The molecule has 0 heterocycles. The van der Waals surface area contributed by atoms with E-state index < -0.39 is 5.97 Å². The lowest BCUT2D eigenvalue weighted by Crippen LogP contribution is -2.45. The Morgan fingerprint density at radius 3 is 2.19 bits per heavy atom. The number of carbonyl (C=O) groups is 2. The van der Waals surface area contributed by atoms with Crippen molar-refractivity contribution >= 4 is 12.0 Å². The predicted molar refractivity (Wildman–Crippen MR) is 82.1 cm³/mol.